The number of likely N-dealkylation sites (N-methyl/N-ethyl adjacent to an activating group) is 1. The number of carboxylic acid groups (broad SMARTS) is 1. The number of aryl methyl sites for hydroxylation is 1. The van der Waals surface area contributed by atoms with Crippen molar-refractivity contribution in [2.24, 2.45) is 0 Å². The van der Waals surface area contributed by atoms with Crippen molar-refractivity contribution in [3.8, 4) is 0 Å². The van der Waals surface area contributed by atoms with Gasteiger partial charge in [0.15, 0.2) is 0 Å². The lowest BCUT2D eigenvalue weighted by Gasteiger charge is -2.34. The Hall–Kier alpha value is -1.36. The Balaban J connectivity index is 3.19. The number of carbonyl (C=O) groups is 2. The normalized spacial score (nSPS) is 11.2. The first-order valence-electron chi connectivity index (χ1n) is 6.03. The van der Waals surface area contributed by atoms with Crippen molar-refractivity contribution in [1.29, 1.82) is 0 Å². The number of halogens is 1. The Morgan fingerprint density at radius 1 is 1.37 bits per heavy atom. The van der Waals surface area contributed by atoms with Crippen LogP contribution in [-0.2, 0) is 4.79 Å². The van der Waals surface area contributed by atoms with Gasteiger partial charge in [0.25, 0.3) is 5.91 Å². The molecular weight excluding hydrogens is 310 g/mol. The zero-order valence-electron chi connectivity index (χ0n) is 11.5. The highest BCUT2D eigenvalue weighted by Gasteiger charge is 2.37. The van der Waals surface area contributed by atoms with Gasteiger partial charge in [-0.1, -0.05) is 6.07 Å². The Morgan fingerprint density at radius 3 is 2.37 bits per heavy atom. The highest BCUT2D eigenvalue weighted by atomic mass is 79.9. The molecule has 1 N–H and O–H groups in total. The first-order chi connectivity index (χ1) is 8.71. The van der Waals surface area contributed by atoms with Crippen molar-refractivity contribution >= 4 is 27.8 Å². The molecule has 0 heterocycles. The standard InChI is InChI=1S/C14H18BrNO3/c1-5-16(14(3,4)13(18)19)12(17)10-7-6-9(2)8-11(10)15/h6-8H,5H2,1-4H3,(H,18,19). The predicted molar refractivity (Wildman–Crippen MR) is 77.3 cm³/mol. The molecule has 0 bridgehead atoms. The molecular formula is C14H18BrNO3. The van der Waals surface area contributed by atoms with Gasteiger partial charge < -0.3 is 10.0 Å². The summed E-state index contributed by atoms with van der Waals surface area (Å²) in [7, 11) is 0. The Kier molecular flexibility index (Phi) is 4.74. The Morgan fingerprint density at radius 2 is 1.95 bits per heavy atom. The van der Waals surface area contributed by atoms with Crippen molar-refractivity contribution in [1.82, 2.24) is 4.90 Å². The molecule has 0 radical (unpaired) electrons. The van der Waals surface area contributed by atoms with E-state index >= 15 is 0 Å². The molecule has 1 aromatic rings. The second-order valence-electron chi connectivity index (χ2n) is 4.90. The fourth-order valence-electron chi connectivity index (χ4n) is 1.85. The average molecular weight is 328 g/mol. The first kappa shape index (κ1) is 15.7. The fourth-order valence-corrected chi connectivity index (χ4v) is 2.51. The zero-order chi connectivity index (χ0) is 14.8. The summed E-state index contributed by atoms with van der Waals surface area (Å²) in [6.45, 7) is 7.08. The van der Waals surface area contributed by atoms with Gasteiger partial charge in [0, 0.05) is 11.0 Å². The van der Waals surface area contributed by atoms with E-state index in [1.807, 2.05) is 19.1 Å². The molecule has 0 spiro atoms. The Labute approximate surface area is 121 Å². The van der Waals surface area contributed by atoms with Crippen LogP contribution in [0.4, 0.5) is 0 Å². The molecule has 19 heavy (non-hydrogen) atoms. The lowest BCUT2D eigenvalue weighted by molar-refractivity contribution is -0.147. The van der Waals surface area contributed by atoms with E-state index in [-0.39, 0.29) is 5.91 Å². The van der Waals surface area contributed by atoms with Gasteiger partial charge >= 0.3 is 5.97 Å². The molecule has 0 fully saturated rings. The average Bonchev–Trinajstić information content (AvgIpc) is 2.28. The topological polar surface area (TPSA) is 57.6 Å². The SMILES string of the molecule is CCN(C(=O)c1ccc(C)cc1Br)C(C)(C)C(=O)O. The minimum Gasteiger partial charge on any atom is -0.480 e. The molecule has 104 valence electrons. The van der Waals surface area contributed by atoms with Gasteiger partial charge in [-0.05, 0) is 61.3 Å². The molecule has 5 heteroatoms. The van der Waals surface area contributed by atoms with Gasteiger partial charge in [-0.2, -0.15) is 0 Å². The minimum absolute atomic E-state index is 0.290. The third-order valence-electron chi connectivity index (χ3n) is 3.11. The molecule has 1 rings (SSSR count). The molecule has 0 aliphatic rings. The summed E-state index contributed by atoms with van der Waals surface area (Å²) in [6, 6.07) is 5.39. The van der Waals surface area contributed by atoms with Gasteiger partial charge in [-0.25, -0.2) is 4.79 Å². The van der Waals surface area contributed by atoms with Gasteiger partial charge in [0.1, 0.15) is 5.54 Å². The van der Waals surface area contributed by atoms with E-state index in [4.69, 9.17) is 0 Å². The van der Waals surface area contributed by atoms with E-state index in [1.165, 1.54) is 18.7 Å². The molecule has 0 unspecified atom stereocenters. The Bertz CT molecular complexity index is 511. The van der Waals surface area contributed by atoms with E-state index in [0.29, 0.717) is 16.6 Å². The number of nitrogens with zero attached hydrogens (tertiary/aromatic N) is 1. The van der Waals surface area contributed by atoms with Gasteiger partial charge in [-0.3, -0.25) is 4.79 Å². The number of amides is 1. The van der Waals surface area contributed by atoms with E-state index in [0.717, 1.165) is 5.56 Å². The molecule has 0 saturated carbocycles. The largest absolute Gasteiger partial charge is 0.480 e. The monoisotopic (exact) mass is 327 g/mol. The van der Waals surface area contributed by atoms with Gasteiger partial charge in [0.2, 0.25) is 0 Å². The minimum atomic E-state index is -1.24. The van der Waals surface area contributed by atoms with Gasteiger partial charge in [-0.15, -0.1) is 0 Å². The number of aliphatic carboxylic acids is 1. The van der Waals surface area contributed by atoms with Crippen LogP contribution in [0, 0.1) is 6.92 Å². The number of benzene rings is 1. The molecule has 0 aliphatic carbocycles. The van der Waals surface area contributed by atoms with Crippen molar-refractivity contribution in [3.63, 3.8) is 0 Å². The van der Waals surface area contributed by atoms with E-state index in [2.05, 4.69) is 15.9 Å². The zero-order valence-corrected chi connectivity index (χ0v) is 13.1. The molecule has 1 amide bonds. The summed E-state index contributed by atoms with van der Waals surface area (Å²) in [4.78, 5) is 25.1. The van der Waals surface area contributed by atoms with E-state index in [1.54, 1.807) is 13.0 Å². The summed E-state index contributed by atoms with van der Waals surface area (Å²) in [5.74, 6) is -1.31. The molecule has 4 nitrogen and oxygen atoms in total. The first-order valence-corrected chi connectivity index (χ1v) is 6.82. The molecule has 0 atom stereocenters. The molecule has 0 aliphatic heterocycles. The van der Waals surface area contributed by atoms with Gasteiger partial charge in [0.05, 0.1) is 5.56 Å². The van der Waals surface area contributed by atoms with Crippen molar-refractivity contribution in [3.05, 3.63) is 33.8 Å². The second-order valence-corrected chi connectivity index (χ2v) is 5.75. The summed E-state index contributed by atoms with van der Waals surface area (Å²) in [6.07, 6.45) is 0. The number of hydrogen-bond donors (Lipinski definition) is 1. The quantitative estimate of drug-likeness (QED) is 0.924. The van der Waals surface area contributed by atoms with Crippen LogP contribution in [0.2, 0.25) is 0 Å². The molecule has 1 aromatic carbocycles. The van der Waals surface area contributed by atoms with Crippen LogP contribution in [0.1, 0.15) is 36.7 Å². The second kappa shape index (κ2) is 5.74. The molecule has 0 saturated heterocycles. The van der Waals surface area contributed by atoms with E-state index in [9.17, 15) is 14.7 Å². The van der Waals surface area contributed by atoms with Crippen LogP contribution < -0.4 is 0 Å². The predicted octanol–water partition coefficient (Wildman–Crippen LogP) is 3.08. The van der Waals surface area contributed by atoms with Crippen LogP contribution in [0.15, 0.2) is 22.7 Å². The summed E-state index contributed by atoms with van der Waals surface area (Å²) >= 11 is 3.35. The van der Waals surface area contributed by atoms with E-state index < -0.39 is 11.5 Å². The van der Waals surface area contributed by atoms with Crippen LogP contribution in [0.5, 0.6) is 0 Å². The van der Waals surface area contributed by atoms with Crippen LogP contribution >= 0.6 is 15.9 Å². The fraction of sp³-hybridized carbons (Fsp3) is 0.429. The number of carboxylic acids is 1. The summed E-state index contributed by atoms with van der Waals surface area (Å²) in [5, 5.41) is 9.25. The van der Waals surface area contributed by atoms with Crippen molar-refractivity contribution in [2.75, 3.05) is 6.54 Å². The maximum Gasteiger partial charge on any atom is 0.329 e. The third-order valence-corrected chi connectivity index (χ3v) is 3.77. The highest BCUT2D eigenvalue weighted by molar-refractivity contribution is 9.10. The van der Waals surface area contributed by atoms with Crippen LogP contribution in [0.3, 0.4) is 0 Å². The lowest BCUT2D eigenvalue weighted by atomic mass is 10.0. The highest BCUT2D eigenvalue weighted by Crippen LogP contribution is 2.24. The number of hydrogen-bond acceptors (Lipinski definition) is 2. The summed E-state index contributed by atoms with van der Waals surface area (Å²) < 4.78 is 0.678. The number of carbonyl (C=O) groups excluding carboxylic acids is 1. The van der Waals surface area contributed by atoms with Crippen molar-refractivity contribution in [2.45, 2.75) is 33.2 Å². The lowest BCUT2D eigenvalue weighted by Crippen LogP contribution is -2.53. The molecule has 0 aromatic heterocycles. The third kappa shape index (κ3) is 3.15. The number of rotatable bonds is 4. The van der Waals surface area contributed by atoms with Crippen molar-refractivity contribution < 1.29 is 14.7 Å². The van der Waals surface area contributed by atoms with Crippen LogP contribution in [0.25, 0.3) is 0 Å². The summed E-state index contributed by atoms with van der Waals surface area (Å²) in [5.41, 5.74) is 0.265. The maximum atomic E-state index is 12.5. The van der Waals surface area contributed by atoms with Crippen LogP contribution in [-0.4, -0.2) is 34.0 Å². The smallest absolute Gasteiger partial charge is 0.329 e. The maximum absolute atomic E-state index is 12.5.